The second-order valence-electron chi connectivity index (χ2n) is 7.84. The Bertz CT molecular complexity index is 1250. The number of rotatable bonds is 9. The van der Waals surface area contributed by atoms with Crippen LogP contribution in [-0.2, 0) is 11.3 Å². The van der Waals surface area contributed by atoms with Crippen molar-refractivity contribution in [3.63, 3.8) is 0 Å². The van der Waals surface area contributed by atoms with Crippen molar-refractivity contribution >= 4 is 34.1 Å². The maximum atomic E-state index is 12.5. The summed E-state index contributed by atoms with van der Waals surface area (Å²) in [6.07, 6.45) is 2.91. The van der Waals surface area contributed by atoms with Gasteiger partial charge in [-0.2, -0.15) is 0 Å². The quantitative estimate of drug-likeness (QED) is 0.253. The fourth-order valence-corrected chi connectivity index (χ4v) is 5.38. The summed E-state index contributed by atoms with van der Waals surface area (Å²) in [6, 6.07) is 20.4. The van der Waals surface area contributed by atoms with Crippen molar-refractivity contribution in [2.75, 3.05) is 11.1 Å². The Morgan fingerprint density at radius 1 is 1.12 bits per heavy atom. The molecule has 0 saturated heterocycles. The van der Waals surface area contributed by atoms with E-state index in [4.69, 9.17) is 0 Å². The highest BCUT2D eigenvalue weighted by Gasteiger charge is 2.43. The van der Waals surface area contributed by atoms with Gasteiger partial charge in [-0.3, -0.25) is 4.79 Å². The first kappa shape index (κ1) is 21.6. The Balaban J connectivity index is 1.22. The summed E-state index contributed by atoms with van der Waals surface area (Å²) in [5, 5.41) is 15.0. The van der Waals surface area contributed by atoms with Crippen LogP contribution in [0.1, 0.15) is 29.6 Å². The van der Waals surface area contributed by atoms with E-state index in [2.05, 4.69) is 55.9 Å². The highest BCUT2D eigenvalue weighted by atomic mass is 32.2. The average molecular weight is 474 g/mol. The summed E-state index contributed by atoms with van der Waals surface area (Å²) < 4.78 is 2.08. The Morgan fingerprint density at radius 3 is 2.64 bits per heavy atom. The van der Waals surface area contributed by atoms with Crippen molar-refractivity contribution in [1.82, 2.24) is 19.7 Å². The Morgan fingerprint density at radius 2 is 1.88 bits per heavy atom. The zero-order valence-corrected chi connectivity index (χ0v) is 19.6. The zero-order valence-electron chi connectivity index (χ0n) is 17.9. The molecule has 6 nitrogen and oxygen atoms in total. The molecule has 166 valence electrons. The van der Waals surface area contributed by atoms with Gasteiger partial charge in [-0.1, -0.05) is 78.5 Å². The first-order valence-electron chi connectivity index (χ1n) is 10.8. The number of aromatic nitrogens is 4. The molecule has 1 saturated carbocycles. The van der Waals surface area contributed by atoms with Gasteiger partial charge in [0.05, 0.1) is 11.4 Å². The number of thioether (sulfide) groups is 1. The van der Waals surface area contributed by atoms with Crippen molar-refractivity contribution in [2.24, 2.45) is 0 Å². The molecule has 2 aromatic carbocycles. The molecule has 1 amide bonds. The predicted molar refractivity (Wildman–Crippen MR) is 134 cm³/mol. The van der Waals surface area contributed by atoms with Gasteiger partial charge in [0.1, 0.15) is 5.82 Å². The number of allylic oxidation sites excluding steroid dienone is 1. The first-order valence-corrected chi connectivity index (χ1v) is 12.6. The van der Waals surface area contributed by atoms with E-state index < -0.39 is 0 Å². The predicted octanol–water partition coefficient (Wildman–Crippen LogP) is 5.59. The standard InChI is InChI=1S/C25H23N5OS2/c1-2-13-30-23(20-14-19(20)17-9-5-3-6-10-17)28-29-25(30)33-16-22(31)27-24-26-21(15-32-24)18-11-7-4-8-12-18/h2-12,15,19-20H,1,13-14,16H2,(H,26,27,31). The van der Waals surface area contributed by atoms with E-state index in [1.54, 1.807) is 0 Å². The molecule has 2 aromatic heterocycles. The molecule has 0 radical (unpaired) electrons. The van der Waals surface area contributed by atoms with Crippen molar-refractivity contribution in [3.8, 4) is 11.3 Å². The van der Waals surface area contributed by atoms with E-state index >= 15 is 0 Å². The van der Waals surface area contributed by atoms with Crippen molar-refractivity contribution in [2.45, 2.75) is 30.0 Å². The second-order valence-corrected chi connectivity index (χ2v) is 9.64. The van der Waals surface area contributed by atoms with Crippen LogP contribution in [0.15, 0.2) is 83.9 Å². The number of nitrogens with one attached hydrogen (secondary N) is 1. The number of anilines is 1. The molecule has 0 bridgehead atoms. The van der Waals surface area contributed by atoms with Crippen LogP contribution in [-0.4, -0.2) is 31.4 Å². The summed E-state index contributed by atoms with van der Waals surface area (Å²) in [6.45, 7) is 4.50. The van der Waals surface area contributed by atoms with Gasteiger partial charge in [-0.25, -0.2) is 4.98 Å². The van der Waals surface area contributed by atoms with Gasteiger partial charge in [-0.05, 0) is 17.9 Å². The highest BCUT2D eigenvalue weighted by Crippen LogP contribution is 2.54. The third kappa shape index (κ3) is 4.91. The Kier molecular flexibility index (Phi) is 6.37. The third-order valence-electron chi connectivity index (χ3n) is 5.56. The lowest BCUT2D eigenvalue weighted by Crippen LogP contribution is -2.14. The van der Waals surface area contributed by atoms with Crippen LogP contribution in [0, 0.1) is 0 Å². The van der Waals surface area contributed by atoms with E-state index in [9.17, 15) is 4.79 Å². The molecule has 1 aliphatic rings. The van der Waals surface area contributed by atoms with E-state index in [1.165, 1.54) is 28.7 Å². The van der Waals surface area contributed by atoms with Crippen molar-refractivity contribution in [3.05, 3.63) is 90.1 Å². The Labute approximate surface area is 200 Å². The maximum absolute atomic E-state index is 12.5. The van der Waals surface area contributed by atoms with Gasteiger partial charge in [0, 0.05) is 23.4 Å². The van der Waals surface area contributed by atoms with Crippen molar-refractivity contribution < 1.29 is 4.79 Å². The summed E-state index contributed by atoms with van der Waals surface area (Å²) >= 11 is 2.81. The number of benzene rings is 2. The number of carbonyl (C=O) groups is 1. The lowest BCUT2D eigenvalue weighted by Gasteiger charge is -2.07. The fourth-order valence-electron chi connectivity index (χ4n) is 3.89. The van der Waals surface area contributed by atoms with Gasteiger partial charge in [0.15, 0.2) is 10.3 Å². The number of amides is 1. The summed E-state index contributed by atoms with van der Waals surface area (Å²) in [5.41, 5.74) is 3.22. The van der Waals surface area contributed by atoms with E-state index in [0.717, 1.165) is 28.7 Å². The first-order chi connectivity index (χ1) is 16.2. The smallest absolute Gasteiger partial charge is 0.236 e. The van der Waals surface area contributed by atoms with Gasteiger partial charge in [0.2, 0.25) is 5.91 Å². The minimum atomic E-state index is -0.114. The largest absolute Gasteiger partial charge is 0.302 e. The van der Waals surface area contributed by atoms with Gasteiger partial charge >= 0.3 is 0 Å². The maximum Gasteiger partial charge on any atom is 0.236 e. The molecule has 4 aromatic rings. The molecular formula is C25H23N5OS2. The molecule has 1 aliphatic carbocycles. The molecule has 0 aliphatic heterocycles. The minimum Gasteiger partial charge on any atom is -0.302 e. The molecule has 5 rings (SSSR count). The van der Waals surface area contributed by atoms with E-state index in [1.807, 2.05) is 47.9 Å². The van der Waals surface area contributed by atoms with Gasteiger partial charge in [-0.15, -0.1) is 28.1 Å². The topological polar surface area (TPSA) is 72.7 Å². The zero-order chi connectivity index (χ0) is 22.6. The van der Waals surface area contributed by atoms with Crippen LogP contribution in [0.2, 0.25) is 0 Å². The van der Waals surface area contributed by atoms with Crippen LogP contribution < -0.4 is 5.32 Å². The molecule has 1 fully saturated rings. The van der Waals surface area contributed by atoms with Crippen LogP contribution in [0.25, 0.3) is 11.3 Å². The number of thiazole rings is 1. The molecule has 8 heteroatoms. The third-order valence-corrected chi connectivity index (χ3v) is 7.28. The summed E-state index contributed by atoms with van der Waals surface area (Å²) in [4.78, 5) is 17.1. The van der Waals surface area contributed by atoms with Crippen LogP contribution in [0.5, 0.6) is 0 Å². The lowest BCUT2D eigenvalue weighted by molar-refractivity contribution is -0.113. The molecule has 1 N–H and O–H groups in total. The number of carbonyl (C=O) groups excluding carboxylic acids is 1. The number of hydrogen-bond acceptors (Lipinski definition) is 6. The number of hydrogen-bond donors (Lipinski definition) is 1. The van der Waals surface area contributed by atoms with E-state index in [-0.39, 0.29) is 11.7 Å². The molecule has 0 spiro atoms. The van der Waals surface area contributed by atoms with E-state index in [0.29, 0.717) is 23.5 Å². The average Bonchev–Trinajstić information content (AvgIpc) is 3.33. The molecule has 2 unspecified atom stereocenters. The normalized spacial score (nSPS) is 17.0. The second kappa shape index (κ2) is 9.72. The SMILES string of the molecule is C=CCn1c(SCC(=O)Nc2nc(-c3ccccc3)cs2)nnc1C1CC1c1ccccc1. The monoisotopic (exact) mass is 473 g/mol. The fraction of sp³-hybridized carbons (Fsp3) is 0.200. The molecule has 33 heavy (non-hydrogen) atoms. The van der Waals surface area contributed by atoms with Crippen LogP contribution in [0.3, 0.4) is 0 Å². The van der Waals surface area contributed by atoms with Crippen molar-refractivity contribution in [1.29, 1.82) is 0 Å². The lowest BCUT2D eigenvalue weighted by atomic mass is 10.1. The molecular weight excluding hydrogens is 450 g/mol. The minimum absolute atomic E-state index is 0.114. The van der Waals surface area contributed by atoms with Crippen LogP contribution in [0.4, 0.5) is 5.13 Å². The Hall–Kier alpha value is -3.23. The van der Waals surface area contributed by atoms with Gasteiger partial charge in [0.25, 0.3) is 0 Å². The summed E-state index contributed by atoms with van der Waals surface area (Å²) in [7, 11) is 0. The number of nitrogens with zero attached hydrogens (tertiary/aromatic N) is 4. The van der Waals surface area contributed by atoms with Gasteiger partial charge < -0.3 is 9.88 Å². The molecule has 2 atom stereocenters. The summed E-state index contributed by atoms with van der Waals surface area (Å²) in [5.74, 6) is 1.93. The molecule has 2 heterocycles. The highest BCUT2D eigenvalue weighted by molar-refractivity contribution is 7.99. The van der Waals surface area contributed by atoms with Crippen LogP contribution >= 0.6 is 23.1 Å².